The molecule has 1 aromatic carbocycles. The quantitative estimate of drug-likeness (QED) is 0.827. The number of hydrogen-bond donors (Lipinski definition) is 0. The molecule has 2 atom stereocenters. The number of halogens is 2. The van der Waals surface area contributed by atoms with Crippen LogP contribution in [0.5, 0.6) is 0 Å². The molecule has 3 rings (SSSR count). The highest BCUT2D eigenvalue weighted by atomic mass is 35.5. The van der Waals surface area contributed by atoms with E-state index < -0.39 is 0 Å². The second-order valence-corrected chi connectivity index (χ2v) is 6.35. The molecule has 19 heavy (non-hydrogen) atoms. The number of hydrogen-bond acceptors (Lipinski definition) is 2. The van der Waals surface area contributed by atoms with Gasteiger partial charge in [-0.2, -0.15) is 5.26 Å². The predicted molar refractivity (Wildman–Crippen MR) is 72.5 cm³/mol. The minimum atomic E-state index is -0.291. The Balaban J connectivity index is 1.89. The van der Waals surface area contributed by atoms with Crippen molar-refractivity contribution in [3.05, 3.63) is 34.6 Å². The van der Waals surface area contributed by atoms with Crippen molar-refractivity contribution in [1.29, 1.82) is 5.26 Å². The topological polar surface area (TPSA) is 27.0 Å². The molecule has 0 spiro atoms. The van der Waals surface area contributed by atoms with Gasteiger partial charge in [0.15, 0.2) is 0 Å². The predicted octanol–water partition coefficient (Wildman–Crippen LogP) is 3.57. The summed E-state index contributed by atoms with van der Waals surface area (Å²) in [6, 6.07) is 7.11. The van der Waals surface area contributed by atoms with Crippen molar-refractivity contribution in [2.75, 3.05) is 13.1 Å². The smallest absolute Gasteiger partial charge is 0.128 e. The lowest BCUT2D eigenvalue weighted by Gasteiger charge is -2.23. The first-order valence-corrected chi connectivity index (χ1v) is 7.01. The molecule has 0 radical (unpaired) electrons. The first kappa shape index (κ1) is 12.9. The molecule has 100 valence electrons. The van der Waals surface area contributed by atoms with Crippen LogP contribution in [0.2, 0.25) is 5.02 Å². The van der Waals surface area contributed by atoms with E-state index >= 15 is 0 Å². The van der Waals surface area contributed by atoms with Crippen LogP contribution in [0.1, 0.15) is 31.2 Å². The Kier molecular flexibility index (Phi) is 3.03. The van der Waals surface area contributed by atoms with Gasteiger partial charge in [-0.3, -0.25) is 4.90 Å². The summed E-state index contributed by atoms with van der Waals surface area (Å²) in [6.07, 6.45) is 2.36. The minimum Gasteiger partial charge on any atom is -0.296 e. The normalized spacial score (nSPS) is 29.2. The van der Waals surface area contributed by atoms with Crippen molar-refractivity contribution in [2.45, 2.75) is 31.2 Å². The zero-order chi connectivity index (χ0) is 13.6. The Bertz CT molecular complexity index is 548. The molecular weight excluding hydrogens is 263 g/mol. The van der Waals surface area contributed by atoms with E-state index in [1.54, 1.807) is 12.1 Å². The Morgan fingerprint density at radius 2 is 2.16 bits per heavy atom. The molecule has 2 fully saturated rings. The van der Waals surface area contributed by atoms with Gasteiger partial charge < -0.3 is 0 Å². The molecule has 1 saturated carbocycles. The lowest BCUT2D eigenvalue weighted by Crippen LogP contribution is -2.32. The molecule has 0 unspecified atom stereocenters. The third-order valence-corrected chi connectivity index (χ3v) is 4.82. The van der Waals surface area contributed by atoms with Crippen molar-refractivity contribution in [3.63, 3.8) is 0 Å². The van der Waals surface area contributed by atoms with Gasteiger partial charge in [0.1, 0.15) is 5.82 Å². The molecule has 2 aliphatic rings. The molecule has 0 N–H and O–H groups in total. The molecule has 2 nitrogen and oxygen atoms in total. The zero-order valence-corrected chi connectivity index (χ0v) is 11.6. The summed E-state index contributed by atoms with van der Waals surface area (Å²) in [6.45, 7) is 3.75. The summed E-state index contributed by atoms with van der Waals surface area (Å²) in [5, 5.41) is 9.72. The van der Waals surface area contributed by atoms with Gasteiger partial charge in [-0.25, -0.2) is 4.39 Å². The van der Waals surface area contributed by atoms with Gasteiger partial charge >= 0.3 is 0 Å². The van der Waals surface area contributed by atoms with Crippen LogP contribution in [0.3, 0.4) is 0 Å². The number of nitrogens with zero attached hydrogens (tertiary/aromatic N) is 2. The molecule has 1 saturated heterocycles. The van der Waals surface area contributed by atoms with Gasteiger partial charge in [-0.15, -0.1) is 0 Å². The van der Waals surface area contributed by atoms with Gasteiger partial charge in [0.05, 0.1) is 12.0 Å². The highest BCUT2D eigenvalue weighted by Gasteiger charge is 2.49. The molecule has 0 bridgehead atoms. The number of nitriles is 1. The van der Waals surface area contributed by atoms with Crippen molar-refractivity contribution < 1.29 is 4.39 Å². The zero-order valence-electron chi connectivity index (χ0n) is 10.9. The Morgan fingerprint density at radius 3 is 2.74 bits per heavy atom. The van der Waals surface area contributed by atoms with Crippen LogP contribution in [0, 0.1) is 23.1 Å². The second-order valence-electron chi connectivity index (χ2n) is 5.91. The molecule has 0 aromatic heterocycles. The first-order valence-electron chi connectivity index (χ1n) is 6.63. The molecule has 0 amide bonds. The molecule has 1 aliphatic heterocycles. The monoisotopic (exact) mass is 278 g/mol. The SMILES string of the molecule is CC1(N2C[C@@H](C#N)[C@H](c3ccc(Cl)cc3F)C2)CC1. The molecule has 1 heterocycles. The van der Waals surface area contributed by atoms with E-state index in [0.29, 0.717) is 10.6 Å². The fourth-order valence-electron chi connectivity index (χ4n) is 2.99. The van der Waals surface area contributed by atoms with Gasteiger partial charge in [0.25, 0.3) is 0 Å². The van der Waals surface area contributed by atoms with Crippen LogP contribution in [-0.4, -0.2) is 23.5 Å². The lowest BCUT2D eigenvalue weighted by molar-refractivity contribution is 0.233. The standard InChI is InChI=1S/C15H16ClFN2/c1-15(4-5-15)19-8-10(7-18)13(9-19)12-3-2-11(16)6-14(12)17/h2-3,6,10,13H,4-5,8-9H2,1H3/t10-,13-/m1/s1. The molecule has 1 aliphatic carbocycles. The first-order chi connectivity index (χ1) is 9.03. The van der Waals surface area contributed by atoms with Crippen molar-refractivity contribution >= 4 is 11.6 Å². The van der Waals surface area contributed by atoms with Crippen LogP contribution in [0.4, 0.5) is 4.39 Å². The highest BCUT2D eigenvalue weighted by Crippen LogP contribution is 2.47. The Labute approximate surface area is 117 Å². The van der Waals surface area contributed by atoms with Crippen LogP contribution in [0.15, 0.2) is 18.2 Å². The summed E-state index contributed by atoms with van der Waals surface area (Å²) < 4.78 is 14.0. The van der Waals surface area contributed by atoms with Crippen LogP contribution in [0.25, 0.3) is 0 Å². The van der Waals surface area contributed by atoms with Crippen LogP contribution >= 0.6 is 11.6 Å². The Morgan fingerprint density at radius 1 is 1.42 bits per heavy atom. The number of benzene rings is 1. The third-order valence-electron chi connectivity index (χ3n) is 4.58. The summed E-state index contributed by atoms with van der Waals surface area (Å²) in [7, 11) is 0. The summed E-state index contributed by atoms with van der Waals surface area (Å²) in [4.78, 5) is 2.35. The van der Waals surface area contributed by atoms with E-state index in [2.05, 4.69) is 17.9 Å². The summed E-state index contributed by atoms with van der Waals surface area (Å²) in [5.41, 5.74) is 0.870. The van der Waals surface area contributed by atoms with Crippen molar-refractivity contribution in [2.24, 2.45) is 5.92 Å². The maximum absolute atomic E-state index is 14.0. The lowest BCUT2D eigenvalue weighted by atomic mass is 9.90. The van der Waals surface area contributed by atoms with Gasteiger partial charge in [0.2, 0.25) is 0 Å². The average molecular weight is 279 g/mol. The van der Waals surface area contributed by atoms with Crippen LogP contribution < -0.4 is 0 Å². The van der Waals surface area contributed by atoms with Gasteiger partial charge in [-0.05, 0) is 37.5 Å². The molecule has 1 aromatic rings. The summed E-state index contributed by atoms with van der Waals surface area (Å²) >= 11 is 5.79. The van der Waals surface area contributed by atoms with E-state index in [1.165, 1.54) is 18.9 Å². The fourth-order valence-corrected chi connectivity index (χ4v) is 3.15. The fraction of sp³-hybridized carbons (Fsp3) is 0.533. The number of likely N-dealkylation sites (tertiary alicyclic amines) is 1. The second kappa shape index (κ2) is 4.47. The summed E-state index contributed by atoms with van der Waals surface area (Å²) in [5.74, 6) is -0.464. The van der Waals surface area contributed by atoms with E-state index in [0.717, 1.165) is 13.1 Å². The van der Waals surface area contributed by atoms with E-state index in [1.807, 2.05) is 0 Å². The van der Waals surface area contributed by atoms with Gasteiger partial charge in [-0.1, -0.05) is 17.7 Å². The third kappa shape index (κ3) is 2.24. The largest absolute Gasteiger partial charge is 0.296 e. The average Bonchev–Trinajstić information content (AvgIpc) is 2.97. The Hall–Kier alpha value is -1.11. The highest BCUT2D eigenvalue weighted by molar-refractivity contribution is 6.30. The number of rotatable bonds is 2. The van der Waals surface area contributed by atoms with E-state index in [-0.39, 0.29) is 23.2 Å². The minimum absolute atomic E-state index is 0.0420. The van der Waals surface area contributed by atoms with Crippen molar-refractivity contribution in [1.82, 2.24) is 4.90 Å². The molecule has 4 heteroatoms. The van der Waals surface area contributed by atoms with E-state index in [4.69, 9.17) is 11.6 Å². The van der Waals surface area contributed by atoms with Crippen molar-refractivity contribution in [3.8, 4) is 6.07 Å². The van der Waals surface area contributed by atoms with Crippen LogP contribution in [-0.2, 0) is 0 Å². The van der Waals surface area contributed by atoms with Gasteiger partial charge in [0, 0.05) is 29.6 Å². The molecular formula is C15H16ClFN2. The maximum Gasteiger partial charge on any atom is 0.128 e. The maximum atomic E-state index is 14.0. The van der Waals surface area contributed by atoms with E-state index in [9.17, 15) is 9.65 Å².